The Morgan fingerprint density at radius 2 is 1.54 bits per heavy atom. The fourth-order valence-corrected chi connectivity index (χ4v) is 1.58. The standard InChI is InChI=1S/C11H25NO/c1-4-6-8-11(3,10(12)13)9-7-5-2/h10,13H,4-9,12H2,1-3H3. The van der Waals surface area contributed by atoms with E-state index >= 15 is 0 Å². The zero-order chi connectivity index (χ0) is 10.3. The molecule has 80 valence electrons. The molecular formula is C11H25NO. The molecule has 0 bridgehead atoms. The predicted molar refractivity (Wildman–Crippen MR) is 57.4 cm³/mol. The molecule has 0 aromatic carbocycles. The van der Waals surface area contributed by atoms with Gasteiger partial charge in [0.1, 0.15) is 6.23 Å². The minimum Gasteiger partial charge on any atom is -0.378 e. The van der Waals surface area contributed by atoms with E-state index in [1.165, 1.54) is 12.8 Å². The van der Waals surface area contributed by atoms with Gasteiger partial charge in [-0.15, -0.1) is 0 Å². The molecule has 0 aliphatic heterocycles. The number of aliphatic hydroxyl groups excluding tert-OH is 1. The highest BCUT2D eigenvalue weighted by atomic mass is 16.3. The zero-order valence-corrected chi connectivity index (χ0v) is 9.34. The molecule has 0 rings (SSSR count). The summed E-state index contributed by atoms with van der Waals surface area (Å²) in [6.45, 7) is 6.44. The molecule has 2 nitrogen and oxygen atoms in total. The van der Waals surface area contributed by atoms with Crippen molar-refractivity contribution in [2.24, 2.45) is 11.1 Å². The van der Waals surface area contributed by atoms with Gasteiger partial charge >= 0.3 is 0 Å². The third-order valence-corrected chi connectivity index (χ3v) is 2.92. The lowest BCUT2D eigenvalue weighted by molar-refractivity contribution is 0.0260. The fourth-order valence-electron chi connectivity index (χ4n) is 1.58. The van der Waals surface area contributed by atoms with E-state index in [4.69, 9.17) is 5.73 Å². The van der Waals surface area contributed by atoms with Gasteiger partial charge in [-0.1, -0.05) is 46.5 Å². The summed E-state index contributed by atoms with van der Waals surface area (Å²) in [5, 5.41) is 9.50. The maximum Gasteiger partial charge on any atom is 0.107 e. The van der Waals surface area contributed by atoms with Gasteiger partial charge in [-0.2, -0.15) is 0 Å². The molecule has 0 aliphatic rings. The topological polar surface area (TPSA) is 46.2 Å². The molecule has 0 heterocycles. The summed E-state index contributed by atoms with van der Waals surface area (Å²) < 4.78 is 0. The van der Waals surface area contributed by atoms with E-state index in [1.807, 2.05) is 0 Å². The van der Waals surface area contributed by atoms with Crippen LogP contribution in [0.25, 0.3) is 0 Å². The minimum absolute atomic E-state index is 0.0635. The lowest BCUT2D eigenvalue weighted by Crippen LogP contribution is -2.39. The maximum absolute atomic E-state index is 9.50. The first kappa shape index (κ1) is 12.9. The summed E-state index contributed by atoms with van der Waals surface area (Å²) in [4.78, 5) is 0. The quantitative estimate of drug-likeness (QED) is 0.602. The van der Waals surface area contributed by atoms with E-state index in [0.717, 1.165) is 25.7 Å². The highest BCUT2D eigenvalue weighted by Crippen LogP contribution is 2.32. The highest BCUT2D eigenvalue weighted by molar-refractivity contribution is 4.78. The third kappa shape index (κ3) is 4.63. The van der Waals surface area contributed by atoms with E-state index in [-0.39, 0.29) is 5.41 Å². The Morgan fingerprint density at radius 3 is 1.77 bits per heavy atom. The number of aliphatic hydroxyl groups is 1. The number of hydrogen-bond donors (Lipinski definition) is 2. The molecule has 2 heteroatoms. The predicted octanol–water partition coefficient (Wildman–Crippen LogP) is 2.65. The first-order chi connectivity index (χ1) is 6.06. The van der Waals surface area contributed by atoms with Crippen LogP contribution in [-0.4, -0.2) is 11.3 Å². The van der Waals surface area contributed by atoms with Crippen LogP contribution in [0, 0.1) is 5.41 Å². The molecule has 3 N–H and O–H groups in total. The molecular weight excluding hydrogens is 162 g/mol. The first-order valence-electron chi connectivity index (χ1n) is 5.50. The molecule has 1 unspecified atom stereocenters. The summed E-state index contributed by atoms with van der Waals surface area (Å²) in [5.41, 5.74) is 5.54. The van der Waals surface area contributed by atoms with Crippen LogP contribution < -0.4 is 5.73 Å². The molecule has 0 spiro atoms. The van der Waals surface area contributed by atoms with Crippen molar-refractivity contribution in [2.45, 2.75) is 65.5 Å². The normalized spacial score (nSPS) is 14.5. The summed E-state index contributed by atoms with van der Waals surface area (Å²) >= 11 is 0. The van der Waals surface area contributed by atoms with Gasteiger partial charge in [0.25, 0.3) is 0 Å². The average molecular weight is 187 g/mol. The number of nitrogens with two attached hydrogens (primary N) is 1. The van der Waals surface area contributed by atoms with E-state index in [9.17, 15) is 5.11 Å². The molecule has 0 amide bonds. The smallest absolute Gasteiger partial charge is 0.107 e. The Labute approximate surface area is 82.5 Å². The van der Waals surface area contributed by atoms with Crippen LogP contribution >= 0.6 is 0 Å². The molecule has 0 fully saturated rings. The van der Waals surface area contributed by atoms with Crippen molar-refractivity contribution in [3.05, 3.63) is 0 Å². The number of rotatable bonds is 7. The Morgan fingerprint density at radius 1 is 1.15 bits per heavy atom. The average Bonchev–Trinajstić information content (AvgIpc) is 2.11. The largest absolute Gasteiger partial charge is 0.378 e. The Hall–Kier alpha value is -0.0800. The van der Waals surface area contributed by atoms with Crippen molar-refractivity contribution in [1.82, 2.24) is 0 Å². The van der Waals surface area contributed by atoms with Gasteiger partial charge in [0.15, 0.2) is 0 Å². The molecule has 0 aliphatic carbocycles. The first-order valence-corrected chi connectivity index (χ1v) is 5.50. The second-order valence-electron chi connectivity index (χ2n) is 4.31. The lowest BCUT2D eigenvalue weighted by atomic mass is 9.79. The van der Waals surface area contributed by atoms with Gasteiger partial charge in [-0.05, 0) is 12.8 Å². The van der Waals surface area contributed by atoms with Crippen LogP contribution in [0.4, 0.5) is 0 Å². The van der Waals surface area contributed by atoms with Crippen molar-refractivity contribution in [3.8, 4) is 0 Å². The molecule has 0 radical (unpaired) electrons. The van der Waals surface area contributed by atoms with E-state index < -0.39 is 6.23 Å². The van der Waals surface area contributed by atoms with Gasteiger partial charge in [0.2, 0.25) is 0 Å². The molecule has 0 saturated heterocycles. The van der Waals surface area contributed by atoms with Crippen LogP contribution in [0.2, 0.25) is 0 Å². The van der Waals surface area contributed by atoms with Gasteiger partial charge < -0.3 is 10.8 Å². The lowest BCUT2D eigenvalue weighted by Gasteiger charge is -2.32. The zero-order valence-electron chi connectivity index (χ0n) is 9.34. The minimum atomic E-state index is -0.661. The molecule has 0 saturated carbocycles. The summed E-state index contributed by atoms with van der Waals surface area (Å²) in [6, 6.07) is 0. The molecule has 0 aromatic rings. The second-order valence-corrected chi connectivity index (χ2v) is 4.31. The van der Waals surface area contributed by atoms with Gasteiger partial charge in [-0.25, -0.2) is 0 Å². The van der Waals surface area contributed by atoms with Gasteiger partial charge in [0.05, 0.1) is 0 Å². The monoisotopic (exact) mass is 187 g/mol. The maximum atomic E-state index is 9.50. The Balaban J connectivity index is 4.00. The Bertz CT molecular complexity index is 115. The SMILES string of the molecule is CCCCC(C)(CCCC)C(N)O. The van der Waals surface area contributed by atoms with E-state index in [2.05, 4.69) is 20.8 Å². The summed E-state index contributed by atoms with van der Waals surface area (Å²) in [7, 11) is 0. The second kappa shape index (κ2) is 6.39. The van der Waals surface area contributed by atoms with Gasteiger partial charge in [0, 0.05) is 5.41 Å². The number of unbranched alkanes of at least 4 members (excludes halogenated alkanes) is 2. The third-order valence-electron chi connectivity index (χ3n) is 2.92. The van der Waals surface area contributed by atoms with Crippen LogP contribution in [0.3, 0.4) is 0 Å². The number of hydrogen-bond acceptors (Lipinski definition) is 2. The van der Waals surface area contributed by atoms with Crippen molar-refractivity contribution in [2.75, 3.05) is 0 Å². The molecule has 0 aromatic heterocycles. The van der Waals surface area contributed by atoms with Crippen molar-refractivity contribution in [3.63, 3.8) is 0 Å². The van der Waals surface area contributed by atoms with Crippen molar-refractivity contribution < 1.29 is 5.11 Å². The van der Waals surface area contributed by atoms with Crippen LogP contribution in [0.15, 0.2) is 0 Å². The van der Waals surface area contributed by atoms with E-state index in [1.54, 1.807) is 0 Å². The fraction of sp³-hybridized carbons (Fsp3) is 1.00. The molecule has 1 atom stereocenters. The van der Waals surface area contributed by atoms with Crippen LogP contribution in [0.1, 0.15) is 59.3 Å². The van der Waals surface area contributed by atoms with Gasteiger partial charge in [-0.3, -0.25) is 0 Å². The van der Waals surface area contributed by atoms with Crippen molar-refractivity contribution in [1.29, 1.82) is 0 Å². The van der Waals surface area contributed by atoms with Crippen LogP contribution in [0.5, 0.6) is 0 Å². The molecule has 13 heavy (non-hydrogen) atoms. The van der Waals surface area contributed by atoms with Crippen LogP contribution in [-0.2, 0) is 0 Å². The highest BCUT2D eigenvalue weighted by Gasteiger charge is 2.28. The van der Waals surface area contributed by atoms with E-state index in [0.29, 0.717) is 0 Å². The summed E-state index contributed by atoms with van der Waals surface area (Å²) in [5.74, 6) is 0. The Kier molecular flexibility index (Phi) is 6.35. The van der Waals surface area contributed by atoms with Crippen molar-refractivity contribution >= 4 is 0 Å². The summed E-state index contributed by atoms with van der Waals surface area (Å²) in [6.07, 6.45) is 6.10.